The van der Waals surface area contributed by atoms with Crippen molar-refractivity contribution in [2.24, 2.45) is 0 Å². The molecule has 0 atom stereocenters. The van der Waals surface area contributed by atoms with Gasteiger partial charge in [-0.3, -0.25) is 4.68 Å². The second-order valence-electron chi connectivity index (χ2n) is 5.84. The quantitative estimate of drug-likeness (QED) is 0.796. The van der Waals surface area contributed by atoms with Crippen LogP contribution in [0.15, 0.2) is 12.4 Å². The van der Waals surface area contributed by atoms with Gasteiger partial charge >= 0.3 is 6.09 Å². The van der Waals surface area contributed by atoms with Crippen molar-refractivity contribution >= 4 is 17.7 Å². The van der Waals surface area contributed by atoms with E-state index < -0.39 is 5.60 Å². The Kier molecular flexibility index (Phi) is 4.04. The highest BCUT2D eigenvalue weighted by Crippen LogP contribution is 2.24. The molecule has 1 aliphatic rings. The SMILES string of the molecule is CC(C)(C)OC(=O)N1CCC(n2cc(Cl)cn2)CC1. The number of piperidine rings is 1. The van der Waals surface area contributed by atoms with E-state index in [1.807, 2.05) is 31.6 Å². The third kappa shape index (κ3) is 3.86. The molecule has 0 aromatic carbocycles. The number of carbonyl (C=O) groups is 1. The van der Waals surface area contributed by atoms with E-state index in [1.54, 1.807) is 11.1 Å². The molecule has 6 heteroatoms. The second kappa shape index (κ2) is 5.41. The number of carbonyl (C=O) groups excluding carboxylic acids is 1. The maximum absolute atomic E-state index is 11.9. The molecular formula is C13H20ClN3O2. The van der Waals surface area contributed by atoms with E-state index in [-0.39, 0.29) is 6.09 Å². The summed E-state index contributed by atoms with van der Waals surface area (Å²) in [5.74, 6) is 0. The predicted molar refractivity (Wildman–Crippen MR) is 73.3 cm³/mol. The Balaban J connectivity index is 1.87. The lowest BCUT2D eigenvalue weighted by Gasteiger charge is -2.33. The van der Waals surface area contributed by atoms with Gasteiger partial charge in [0.05, 0.1) is 17.3 Å². The van der Waals surface area contributed by atoms with Gasteiger partial charge in [-0.15, -0.1) is 0 Å². The number of rotatable bonds is 1. The van der Waals surface area contributed by atoms with E-state index in [0.717, 1.165) is 12.8 Å². The number of amides is 1. The van der Waals surface area contributed by atoms with Gasteiger partial charge in [-0.25, -0.2) is 4.79 Å². The van der Waals surface area contributed by atoms with Gasteiger partial charge in [0, 0.05) is 19.3 Å². The first kappa shape index (κ1) is 14.2. The van der Waals surface area contributed by atoms with Gasteiger partial charge in [0.15, 0.2) is 0 Å². The number of nitrogens with zero attached hydrogens (tertiary/aromatic N) is 3. The number of aromatic nitrogens is 2. The zero-order chi connectivity index (χ0) is 14.0. The van der Waals surface area contributed by atoms with Gasteiger partial charge in [0.25, 0.3) is 0 Å². The molecular weight excluding hydrogens is 266 g/mol. The highest BCUT2D eigenvalue weighted by atomic mass is 35.5. The molecule has 1 aromatic rings. The molecule has 2 rings (SSSR count). The highest BCUT2D eigenvalue weighted by Gasteiger charge is 2.27. The summed E-state index contributed by atoms with van der Waals surface area (Å²) in [7, 11) is 0. The molecule has 19 heavy (non-hydrogen) atoms. The number of halogens is 1. The molecule has 1 aromatic heterocycles. The van der Waals surface area contributed by atoms with E-state index in [4.69, 9.17) is 16.3 Å². The Labute approximate surface area is 118 Å². The van der Waals surface area contributed by atoms with E-state index in [9.17, 15) is 4.79 Å². The third-order valence-corrected chi connectivity index (χ3v) is 3.26. The lowest BCUT2D eigenvalue weighted by atomic mass is 10.1. The van der Waals surface area contributed by atoms with Crippen LogP contribution < -0.4 is 0 Å². The summed E-state index contributed by atoms with van der Waals surface area (Å²) in [5, 5.41) is 4.87. The molecule has 0 bridgehead atoms. The molecule has 0 spiro atoms. The summed E-state index contributed by atoms with van der Waals surface area (Å²) >= 11 is 5.86. The molecule has 0 N–H and O–H groups in total. The standard InChI is InChI=1S/C13H20ClN3O2/c1-13(2,3)19-12(18)16-6-4-11(5-7-16)17-9-10(14)8-15-17/h8-9,11H,4-7H2,1-3H3. The highest BCUT2D eigenvalue weighted by molar-refractivity contribution is 6.30. The maximum atomic E-state index is 11.9. The number of hydrogen-bond acceptors (Lipinski definition) is 3. The number of hydrogen-bond donors (Lipinski definition) is 0. The monoisotopic (exact) mass is 285 g/mol. The minimum atomic E-state index is -0.441. The van der Waals surface area contributed by atoms with Crippen LogP contribution in [0.3, 0.4) is 0 Å². The largest absolute Gasteiger partial charge is 0.444 e. The molecule has 1 saturated heterocycles. The van der Waals surface area contributed by atoms with Crippen molar-refractivity contribution in [2.75, 3.05) is 13.1 Å². The van der Waals surface area contributed by atoms with E-state index in [0.29, 0.717) is 24.2 Å². The van der Waals surface area contributed by atoms with E-state index in [2.05, 4.69) is 5.10 Å². The van der Waals surface area contributed by atoms with E-state index in [1.165, 1.54) is 0 Å². The third-order valence-electron chi connectivity index (χ3n) is 3.06. The minimum absolute atomic E-state index is 0.232. The lowest BCUT2D eigenvalue weighted by molar-refractivity contribution is 0.0185. The molecule has 1 amide bonds. The van der Waals surface area contributed by atoms with Gasteiger partial charge in [-0.2, -0.15) is 5.10 Å². The van der Waals surface area contributed by atoms with Gasteiger partial charge in [-0.05, 0) is 33.6 Å². The summed E-state index contributed by atoms with van der Waals surface area (Å²) in [5.41, 5.74) is -0.441. The van der Waals surface area contributed by atoms with Crippen molar-refractivity contribution in [3.05, 3.63) is 17.4 Å². The smallest absolute Gasteiger partial charge is 0.410 e. The van der Waals surface area contributed by atoms with Crippen LogP contribution in [0, 0.1) is 0 Å². The molecule has 1 fully saturated rings. The van der Waals surface area contributed by atoms with Crippen LogP contribution in [-0.4, -0.2) is 39.5 Å². The van der Waals surface area contributed by atoms with Gasteiger partial charge < -0.3 is 9.64 Å². The molecule has 0 radical (unpaired) electrons. The topological polar surface area (TPSA) is 47.4 Å². The molecule has 0 aliphatic carbocycles. The van der Waals surface area contributed by atoms with Crippen molar-refractivity contribution < 1.29 is 9.53 Å². The van der Waals surface area contributed by atoms with Crippen molar-refractivity contribution in [3.8, 4) is 0 Å². The van der Waals surface area contributed by atoms with Crippen molar-refractivity contribution in [2.45, 2.75) is 45.3 Å². The van der Waals surface area contributed by atoms with Crippen LogP contribution in [-0.2, 0) is 4.74 Å². The van der Waals surface area contributed by atoms with Gasteiger partial charge in [0.1, 0.15) is 5.60 Å². The van der Waals surface area contributed by atoms with Crippen LogP contribution in [0.2, 0.25) is 5.02 Å². The number of ether oxygens (including phenoxy) is 1. The molecule has 2 heterocycles. The van der Waals surface area contributed by atoms with Crippen molar-refractivity contribution in [3.63, 3.8) is 0 Å². The minimum Gasteiger partial charge on any atom is -0.444 e. The molecule has 1 aliphatic heterocycles. The van der Waals surface area contributed by atoms with Gasteiger partial charge in [-0.1, -0.05) is 11.6 Å². The summed E-state index contributed by atoms with van der Waals surface area (Å²) in [6.45, 7) is 7.02. The van der Waals surface area contributed by atoms with Crippen LogP contribution in [0.25, 0.3) is 0 Å². The summed E-state index contributed by atoms with van der Waals surface area (Å²) in [6.07, 6.45) is 4.98. The van der Waals surface area contributed by atoms with Crippen LogP contribution in [0.5, 0.6) is 0 Å². The summed E-state index contributed by atoms with van der Waals surface area (Å²) in [6, 6.07) is 0.311. The van der Waals surface area contributed by atoms with Crippen LogP contribution >= 0.6 is 11.6 Å². The average Bonchev–Trinajstić information content (AvgIpc) is 2.74. The Morgan fingerprint density at radius 3 is 2.53 bits per heavy atom. The Morgan fingerprint density at radius 1 is 1.42 bits per heavy atom. The summed E-state index contributed by atoms with van der Waals surface area (Å²) in [4.78, 5) is 13.7. The van der Waals surface area contributed by atoms with Crippen LogP contribution in [0.1, 0.15) is 39.7 Å². The Bertz CT molecular complexity index is 445. The zero-order valence-electron chi connectivity index (χ0n) is 11.6. The van der Waals surface area contributed by atoms with Crippen molar-refractivity contribution in [1.29, 1.82) is 0 Å². The average molecular weight is 286 g/mol. The second-order valence-corrected chi connectivity index (χ2v) is 6.27. The first-order valence-corrected chi connectivity index (χ1v) is 6.90. The molecule has 5 nitrogen and oxygen atoms in total. The summed E-state index contributed by atoms with van der Waals surface area (Å²) < 4.78 is 7.25. The zero-order valence-corrected chi connectivity index (χ0v) is 12.4. The molecule has 0 saturated carbocycles. The fraction of sp³-hybridized carbons (Fsp3) is 0.692. The van der Waals surface area contributed by atoms with Gasteiger partial charge in [0.2, 0.25) is 0 Å². The molecule has 106 valence electrons. The Morgan fingerprint density at radius 2 is 2.05 bits per heavy atom. The van der Waals surface area contributed by atoms with E-state index >= 15 is 0 Å². The first-order chi connectivity index (χ1) is 8.85. The first-order valence-electron chi connectivity index (χ1n) is 6.53. The number of likely N-dealkylation sites (tertiary alicyclic amines) is 1. The predicted octanol–water partition coefficient (Wildman–Crippen LogP) is 3.11. The maximum Gasteiger partial charge on any atom is 0.410 e. The molecule has 0 unspecified atom stereocenters. The Hall–Kier alpha value is -1.23. The normalized spacial score (nSPS) is 17.6. The fourth-order valence-electron chi connectivity index (χ4n) is 2.15. The fourth-order valence-corrected chi connectivity index (χ4v) is 2.30. The van der Waals surface area contributed by atoms with Crippen LogP contribution in [0.4, 0.5) is 4.79 Å². The van der Waals surface area contributed by atoms with Crippen molar-refractivity contribution in [1.82, 2.24) is 14.7 Å². The lowest BCUT2D eigenvalue weighted by Crippen LogP contribution is -2.42.